The van der Waals surface area contributed by atoms with Gasteiger partial charge in [0, 0.05) is 59.0 Å². The fourth-order valence-electron chi connectivity index (χ4n) is 3.49. The lowest BCUT2D eigenvalue weighted by Crippen LogP contribution is -2.55. The van der Waals surface area contributed by atoms with Gasteiger partial charge in [0.15, 0.2) is 5.96 Å². The Kier molecular flexibility index (Phi) is 5.94. The molecule has 1 unspecified atom stereocenters. The first-order valence-corrected chi connectivity index (χ1v) is 9.25. The summed E-state index contributed by atoms with van der Waals surface area (Å²) in [5.41, 5.74) is 0. The molecule has 3 aliphatic rings. The molecule has 1 aliphatic carbocycles. The van der Waals surface area contributed by atoms with E-state index in [-0.39, 0.29) is 12.0 Å². The van der Waals surface area contributed by atoms with Crippen molar-refractivity contribution < 1.29 is 9.53 Å². The van der Waals surface area contributed by atoms with Crippen molar-refractivity contribution in [3.05, 3.63) is 0 Å². The van der Waals surface area contributed by atoms with Crippen molar-refractivity contribution in [3.8, 4) is 0 Å². The maximum Gasteiger partial charge on any atom is 0.251 e. The van der Waals surface area contributed by atoms with Crippen LogP contribution in [0.2, 0.25) is 0 Å². The van der Waals surface area contributed by atoms with Crippen LogP contribution in [-0.4, -0.2) is 98.7 Å². The van der Waals surface area contributed by atoms with Crippen molar-refractivity contribution >= 4 is 11.9 Å². The number of likely N-dealkylation sites (N-methyl/N-ethyl adjacent to an activating group) is 1. The van der Waals surface area contributed by atoms with E-state index in [1.165, 1.54) is 12.8 Å². The van der Waals surface area contributed by atoms with E-state index in [0.29, 0.717) is 0 Å². The molecular weight excluding hydrogens is 306 g/mol. The summed E-state index contributed by atoms with van der Waals surface area (Å²) in [5, 5.41) is 3.46. The highest BCUT2D eigenvalue weighted by molar-refractivity contribution is 5.82. The van der Waals surface area contributed by atoms with Gasteiger partial charge in [0.05, 0.1) is 0 Å². The van der Waals surface area contributed by atoms with E-state index in [4.69, 9.17) is 4.74 Å². The number of guanidine groups is 1. The zero-order valence-corrected chi connectivity index (χ0v) is 15.0. The van der Waals surface area contributed by atoms with Crippen LogP contribution in [0.5, 0.6) is 0 Å². The number of nitrogens with one attached hydrogen (secondary N) is 1. The molecule has 1 atom stereocenters. The van der Waals surface area contributed by atoms with Gasteiger partial charge in [-0.25, -0.2) is 0 Å². The molecule has 1 N–H and O–H groups in total. The summed E-state index contributed by atoms with van der Waals surface area (Å²) in [4.78, 5) is 23.4. The van der Waals surface area contributed by atoms with Crippen LogP contribution in [0.3, 0.4) is 0 Å². The summed E-state index contributed by atoms with van der Waals surface area (Å²) >= 11 is 0. The fraction of sp³-hybridized carbons (Fsp3) is 0.882. The average Bonchev–Trinajstić information content (AvgIpc) is 3.33. The van der Waals surface area contributed by atoms with Crippen LogP contribution in [0.15, 0.2) is 4.99 Å². The largest absolute Gasteiger partial charge is 0.368 e. The summed E-state index contributed by atoms with van der Waals surface area (Å²) in [7, 11) is 4.02. The second kappa shape index (κ2) is 8.16. The number of carbonyl (C=O) groups is 1. The molecule has 0 aromatic rings. The van der Waals surface area contributed by atoms with Gasteiger partial charge in [-0.05, 0) is 32.7 Å². The highest BCUT2D eigenvalue weighted by atomic mass is 16.5. The summed E-state index contributed by atoms with van der Waals surface area (Å²) in [6, 6.07) is 0.793. The van der Waals surface area contributed by atoms with Crippen LogP contribution in [0.25, 0.3) is 0 Å². The van der Waals surface area contributed by atoms with E-state index in [9.17, 15) is 4.79 Å². The quantitative estimate of drug-likeness (QED) is 0.564. The van der Waals surface area contributed by atoms with Gasteiger partial charge in [-0.2, -0.15) is 0 Å². The molecule has 7 heteroatoms. The second-order valence-corrected chi connectivity index (χ2v) is 7.00. The minimum atomic E-state index is -0.202. The predicted molar refractivity (Wildman–Crippen MR) is 94.1 cm³/mol. The number of hydrogen-bond donors (Lipinski definition) is 1. The fourth-order valence-corrected chi connectivity index (χ4v) is 3.49. The van der Waals surface area contributed by atoms with Crippen molar-refractivity contribution in [2.45, 2.75) is 37.8 Å². The molecule has 0 aromatic carbocycles. The molecule has 0 spiro atoms. The smallest absolute Gasteiger partial charge is 0.251 e. The Morgan fingerprint density at radius 1 is 1.21 bits per heavy atom. The maximum atomic E-state index is 12.4. The average molecular weight is 337 g/mol. The van der Waals surface area contributed by atoms with Gasteiger partial charge in [-0.15, -0.1) is 0 Å². The number of carbonyl (C=O) groups excluding carboxylic acids is 1. The van der Waals surface area contributed by atoms with E-state index >= 15 is 0 Å². The Bertz CT molecular complexity index is 452. The van der Waals surface area contributed by atoms with E-state index in [2.05, 4.69) is 27.2 Å². The highest BCUT2D eigenvalue weighted by Crippen LogP contribution is 2.24. The number of nitrogens with zero attached hydrogens (tertiary/aromatic N) is 4. The van der Waals surface area contributed by atoms with E-state index in [1.807, 2.05) is 11.9 Å². The van der Waals surface area contributed by atoms with Gasteiger partial charge in [0.2, 0.25) is 0 Å². The van der Waals surface area contributed by atoms with Crippen LogP contribution in [0.1, 0.15) is 25.7 Å². The molecule has 1 saturated carbocycles. The Hall–Kier alpha value is -1.34. The van der Waals surface area contributed by atoms with Gasteiger partial charge < -0.3 is 24.8 Å². The molecule has 2 heterocycles. The standard InChI is InChI=1S/C17H31N5O2/c1-18-17(19-7-8-20(2)14-5-6-14)22-11-9-21(10-12-22)16(23)15-4-3-13-24-15/h14-15H,3-13H2,1-2H3,(H,18,19). The first-order chi connectivity index (χ1) is 11.7. The summed E-state index contributed by atoms with van der Waals surface area (Å²) < 4.78 is 5.52. The number of amides is 1. The summed E-state index contributed by atoms with van der Waals surface area (Å²) in [5.74, 6) is 1.12. The molecule has 0 radical (unpaired) electrons. The number of ether oxygens (including phenoxy) is 1. The van der Waals surface area contributed by atoms with Crippen LogP contribution in [-0.2, 0) is 9.53 Å². The molecule has 2 aliphatic heterocycles. The molecule has 2 saturated heterocycles. The van der Waals surface area contributed by atoms with E-state index in [0.717, 1.165) is 70.7 Å². The topological polar surface area (TPSA) is 60.4 Å². The van der Waals surface area contributed by atoms with Crippen LogP contribution < -0.4 is 5.32 Å². The van der Waals surface area contributed by atoms with Crippen molar-refractivity contribution in [3.63, 3.8) is 0 Å². The predicted octanol–water partition coefficient (Wildman–Crippen LogP) is -0.0208. The second-order valence-electron chi connectivity index (χ2n) is 7.00. The minimum Gasteiger partial charge on any atom is -0.368 e. The lowest BCUT2D eigenvalue weighted by atomic mass is 10.2. The van der Waals surface area contributed by atoms with Crippen molar-refractivity contribution in [2.75, 3.05) is 60.0 Å². The van der Waals surface area contributed by atoms with Crippen molar-refractivity contribution in [1.82, 2.24) is 20.0 Å². The molecule has 24 heavy (non-hydrogen) atoms. The molecule has 7 nitrogen and oxygen atoms in total. The third-order valence-electron chi connectivity index (χ3n) is 5.23. The molecule has 3 rings (SSSR count). The normalized spacial score (nSPS) is 25.5. The van der Waals surface area contributed by atoms with Crippen molar-refractivity contribution in [1.29, 1.82) is 0 Å². The van der Waals surface area contributed by atoms with Crippen molar-refractivity contribution in [2.24, 2.45) is 4.99 Å². The number of rotatable bonds is 5. The molecule has 0 aromatic heterocycles. The zero-order chi connectivity index (χ0) is 16.9. The Labute approximate surface area is 145 Å². The van der Waals surface area contributed by atoms with E-state index in [1.54, 1.807) is 0 Å². The van der Waals surface area contributed by atoms with Gasteiger partial charge in [0.25, 0.3) is 5.91 Å². The van der Waals surface area contributed by atoms with Gasteiger partial charge in [-0.3, -0.25) is 9.79 Å². The van der Waals surface area contributed by atoms with Crippen LogP contribution in [0, 0.1) is 0 Å². The lowest BCUT2D eigenvalue weighted by molar-refractivity contribution is -0.142. The molecular formula is C17H31N5O2. The van der Waals surface area contributed by atoms with Crippen LogP contribution in [0.4, 0.5) is 0 Å². The molecule has 0 bridgehead atoms. The minimum absolute atomic E-state index is 0.168. The zero-order valence-electron chi connectivity index (χ0n) is 15.0. The van der Waals surface area contributed by atoms with Gasteiger partial charge in [-0.1, -0.05) is 0 Å². The summed E-state index contributed by atoms with van der Waals surface area (Å²) in [6.45, 7) is 5.84. The van der Waals surface area contributed by atoms with Gasteiger partial charge >= 0.3 is 0 Å². The molecule has 3 fully saturated rings. The Morgan fingerprint density at radius 2 is 1.92 bits per heavy atom. The third-order valence-corrected chi connectivity index (χ3v) is 5.23. The monoisotopic (exact) mass is 337 g/mol. The number of piperazine rings is 1. The Morgan fingerprint density at radius 3 is 2.50 bits per heavy atom. The summed E-state index contributed by atoms with van der Waals surface area (Å²) in [6.07, 6.45) is 4.35. The first-order valence-electron chi connectivity index (χ1n) is 9.25. The Balaban J connectivity index is 1.39. The lowest BCUT2D eigenvalue weighted by Gasteiger charge is -2.37. The SMILES string of the molecule is CN=C(NCCN(C)C1CC1)N1CCN(C(=O)C2CCCO2)CC1. The number of hydrogen-bond acceptors (Lipinski definition) is 4. The molecule has 1 amide bonds. The van der Waals surface area contributed by atoms with Gasteiger partial charge in [0.1, 0.15) is 6.10 Å². The maximum absolute atomic E-state index is 12.4. The third kappa shape index (κ3) is 4.39. The van der Waals surface area contributed by atoms with Crippen LogP contribution >= 0.6 is 0 Å². The highest BCUT2D eigenvalue weighted by Gasteiger charge is 2.31. The molecule has 136 valence electrons. The first kappa shape index (κ1) is 17.5. The van der Waals surface area contributed by atoms with E-state index < -0.39 is 0 Å². The number of aliphatic imine (C=N–C) groups is 1.